The zero-order valence-electron chi connectivity index (χ0n) is 5.40. The Balaban J connectivity index is 3.25. The zero-order valence-corrected chi connectivity index (χ0v) is 7.56. The fraction of sp³-hybridized carbons (Fsp3) is 0.286. The first-order chi connectivity index (χ1) is 4.22. The molecule has 0 atom stereocenters. The van der Waals surface area contributed by atoms with Gasteiger partial charge in [-0.2, -0.15) is 0 Å². The molecule has 0 aromatic carbocycles. The topological polar surface area (TPSA) is 12.9 Å². The van der Waals surface area contributed by atoms with Crippen LogP contribution in [0.4, 0.5) is 0 Å². The van der Waals surface area contributed by atoms with Crippen LogP contribution in [-0.4, -0.2) is 4.98 Å². The molecule has 0 unspecified atom stereocenters. The van der Waals surface area contributed by atoms with Crippen LogP contribution in [0.3, 0.4) is 0 Å². The first kappa shape index (κ1) is 6.99. The minimum absolute atomic E-state index is 1.09. The molecule has 0 aliphatic heterocycles. The summed E-state index contributed by atoms with van der Waals surface area (Å²) >= 11 is 2.28. The van der Waals surface area contributed by atoms with Crippen molar-refractivity contribution in [1.29, 1.82) is 0 Å². The second kappa shape index (κ2) is 2.64. The molecule has 0 N–H and O–H groups in total. The Hall–Kier alpha value is -0.120. The van der Waals surface area contributed by atoms with E-state index in [-0.39, 0.29) is 0 Å². The van der Waals surface area contributed by atoms with E-state index in [9.17, 15) is 0 Å². The zero-order chi connectivity index (χ0) is 6.85. The molecule has 0 aliphatic carbocycles. The van der Waals surface area contributed by atoms with Crippen molar-refractivity contribution in [3.8, 4) is 0 Å². The maximum absolute atomic E-state index is 4.08. The summed E-state index contributed by atoms with van der Waals surface area (Å²) in [4.78, 5) is 4.08. The maximum atomic E-state index is 4.08. The molecule has 1 radical (unpaired) electrons. The number of halogens is 1. The molecule has 0 spiro atoms. The van der Waals surface area contributed by atoms with Gasteiger partial charge in [-0.3, -0.25) is 4.98 Å². The van der Waals surface area contributed by atoms with Gasteiger partial charge < -0.3 is 0 Å². The van der Waals surface area contributed by atoms with Crippen LogP contribution < -0.4 is 0 Å². The van der Waals surface area contributed by atoms with Crippen molar-refractivity contribution in [2.75, 3.05) is 0 Å². The number of aryl methyl sites for hydroxylation is 2. The molecule has 9 heavy (non-hydrogen) atoms. The Bertz CT molecular complexity index is 200. The molecule has 1 aromatic heterocycles. The van der Waals surface area contributed by atoms with E-state index in [2.05, 4.69) is 33.6 Å². The van der Waals surface area contributed by atoms with Gasteiger partial charge in [0.2, 0.25) is 0 Å². The van der Waals surface area contributed by atoms with Crippen molar-refractivity contribution < 1.29 is 0 Å². The lowest BCUT2D eigenvalue weighted by Gasteiger charge is -1.97. The first-order valence-corrected chi connectivity index (χ1v) is 3.79. The summed E-state index contributed by atoms with van der Waals surface area (Å²) in [5.41, 5.74) is 2.27. The summed E-state index contributed by atoms with van der Waals surface area (Å²) in [5, 5.41) is 0. The molecule has 1 nitrogen and oxygen atoms in total. The maximum Gasteiger partial charge on any atom is 0.0509 e. The highest BCUT2D eigenvalue weighted by Crippen LogP contribution is 2.11. The average Bonchev–Trinajstić information content (AvgIpc) is 1.83. The van der Waals surface area contributed by atoms with Gasteiger partial charge in [0, 0.05) is 15.8 Å². The molecular formula is C7H7IN. The number of hydrogen-bond acceptors (Lipinski definition) is 1. The van der Waals surface area contributed by atoms with Crippen molar-refractivity contribution in [2.24, 2.45) is 0 Å². The summed E-state index contributed by atoms with van der Waals surface area (Å²) in [6.45, 7) is 4.04. The van der Waals surface area contributed by atoms with E-state index >= 15 is 0 Å². The van der Waals surface area contributed by atoms with Gasteiger partial charge in [0.15, 0.2) is 0 Å². The van der Waals surface area contributed by atoms with Crippen molar-refractivity contribution in [3.05, 3.63) is 27.1 Å². The summed E-state index contributed by atoms with van der Waals surface area (Å²) in [7, 11) is 0. The number of aromatic nitrogens is 1. The lowest BCUT2D eigenvalue weighted by molar-refractivity contribution is 1.15. The Morgan fingerprint density at radius 3 is 2.67 bits per heavy atom. The van der Waals surface area contributed by atoms with Crippen LogP contribution in [0, 0.1) is 23.5 Å². The highest BCUT2D eigenvalue weighted by molar-refractivity contribution is 14.1. The van der Waals surface area contributed by atoms with Crippen LogP contribution in [-0.2, 0) is 0 Å². The lowest BCUT2D eigenvalue weighted by Crippen LogP contribution is -1.88. The number of hydrogen-bond donors (Lipinski definition) is 0. The average molecular weight is 232 g/mol. The van der Waals surface area contributed by atoms with Crippen molar-refractivity contribution >= 4 is 22.6 Å². The molecule has 1 aromatic rings. The third kappa shape index (κ3) is 1.41. The van der Waals surface area contributed by atoms with E-state index in [1.165, 1.54) is 9.13 Å². The van der Waals surface area contributed by atoms with Crippen molar-refractivity contribution in [2.45, 2.75) is 13.8 Å². The van der Waals surface area contributed by atoms with Crippen molar-refractivity contribution in [3.63, 3.8) is 0 Å². The summed E-state index contributed by atoms with van der Waals surface area (Å²) in [6, 6.07) is 3.02. The Kier molecular flexibility index (Phi) is 2.05. The molecule has 0 amide bonds. The number of nitrogens with zero attached hydrogens (tertiary/aromatic N) is 1. The second-order valence-corrected chi connectivity index (χ2v) is 3.01. The van der Waals surface area contributed by atoms with E-state index in [4.69, 9.17) is 0 Å². The van der Waals surface area contributed by atoms with Crippen molar-refractivity contribution in [1.82, 2.24) is 4.98 Å². The molecule has 0 aliphatic rings. The van der Waals surface area contributed by atoms with Gasteiger partial charge in [-0.1, -0.05) is 0 Å². The molecule has 0 bridgehead atoms. The van der Waals surface area contributed by atoms with Gasteiger partial charge in [-0.05, 0) is 42.0 Å². The normalized spacial score (nSPS) is 9.67. The van der Waals surface area contributed by atoms with E-state index in [1.807, 2.05) is 13.8 Å². The number of pyridine rings is 1. The second-order valence-electron chi connectivity index (χ2n) is 1.93. The quantitative estimate of drug-likeness (QED) is 0.624. The minimum Gasteiger partial charge on any atom is -0.260 e. The third-order valence-corrected chi connectivity index (χ3v) is 2.78. The van der Waals surface area contributed by atoms with Gasteiger partial charge in [0.1, 0.15) is 0 Å². The molecule has 0 saturated heterocycles. The summed E-state index contributed by atoms with van der Waals surface area (Å²) in [6.07, 6.45) is 1.72. The SMILES string of the molecule is Cc1[c]cnc(C)c1I. The molecule has 47 valence electrons. The highest BCUT2D eigenvalue weighted by Gasteiger charge is 1.95. The highest BCUT2D eigenvalue weighted by atomic mass is 127. The van der Waals surface area contributed by atoms with Gasteiger partial charge in [0.25, 0.3) is 0 Å². The molecule has 2 heteroatoms. The van der Waals surface area contributed by atoms with E-state index in [0.29, 0.717) is 0 Å². The van der Waals surface area contributed by atoms with Crippen LogP contribution >= 0.6 is 22.6 Å². The van der Waals surface area contributed by atoms with Gasteiger partial charge in [0.05, 0.1) is 5.69 Å². The monoisotopic (exact) mass is 232 g/mol. The molecule has 1 heterocycles. The first-order valence-electron chi connectivity index (χ1n) is 2.71. The van der Waals surface area contributed by atoms with Crippen LogP contribution in [0.5, 0.6) is 0 Å². The predicted molar refractivity (Wildman–Crippen MR) is 45.3 cm³/mol. The molecular weight excluding hydrogens is 225 g/mol. The summed E-state index contributed by atoms with van der Waals surface area (Å²) in [5.74, 6) is 0. The summed E-state index contributed by atoms with van der Waals surface area (Å²) < 4.78 is 1.22. The lowest BCUT2D eigenvalue weighted by atomic mass is 10.3. The van der Waals surface area contributed by atoms with Gasteiger partial charge >= 0.3 is 0 Å². The van der Waals surface area contributed by atoms with Crippen LogP contribution in [0.2, 0.25) is 0 Å². The van der Waals surface area contributed by atoms with Crippen LogP contribution in [0.25, 0.3) is 0 Å². The number of rotatable bonds is 0. The van der Waals surface area contributed by atoms with Gasteiger partial charge in [-0.15, -0.1) is 0 Å². The minimum atomic E-state index is 1.09. The molecule has 1 rings (SSSR count). The molecule has 0 fully saturated rings. The van der Waals surface area contributed by atoms with Crippen LogP contribution in [0.15, 0.2) is 6.20 Å². The smallest absolute Gasteiger partial charge is 0.0509 e. The third-order valence-electron chi connectivity index (χ3n) is 1.19. The van der Waals surface area contributed by atoms with E-state index in [1.54, 1.807) is 6.20 Å². The standard InChI is InChI=1S/C7H7IN/c1-5-3-4-9-6(2)7(5)8/h4H,1-2H3. The van der Waals surface area contributed by atoms with E-state index in [0.717, 1.165) is 5.69 Å². The fourth-order valence-corrected chi connectivity index (χ4v) is 0.912. The Labute approximate surface area is 68.6 Å². The van der Waals surface area contributed by atoms with Crippen LogP contribution in [0.1, 0.15) is 11.3 Å². The predicted octanol–water partition coefficient (Wildman–Crippen LogP) is 2.10. The Morgan fingerprint density at radius 2 is 2.22 bits per heavy atom. The van der Waals surface area contributed by atoms with E-state index < -0.39 is 0 Å². The largest absolute Gasteiger partial charge is 0.260 e. The molecule has 0 saturated carbocycles. The fourth-order valence-electron chi connectivity index (χ4n) is 0.617. The van der Waals surface area contributed by atoms with Gasteiger partial charge in [-0.25, -0.2) is 0 Å². The Morgan fingerprint density at radius 1 is 1.56 bits per heavy atom.